The second-order valence-electron chi connectivity index (χ2n) is 17.2. The van der Waals surface area contributed by atoms with Crippen LogP contribution in [0.4, 0.5) is 4.79 Å². The fourth-order valence-corrected chi connectivity index (χ4v) is 9.01. The van der Waals surface area contributed by atoms with E-state index in [1.807, 2.05) is 32.0 Å². The average Bonchev–Trinajstić information content (AvgIpc) is 3.97. The van der Waals surface area contributed by atoms with E-state index in [0.29, 0.717) is 25.7 Å². The van der Waals surface area contributed by atoms with E-state index in [0.717, 1.165) is 29.5 Å². The van der Waals surface area contributed by atoms with Crippen LogP contribution >= 0.6 is 0 Å². The molecule has 3 aliphatic carbocycles. The van der Waals surface area contributed by atoms with Crippen molar-refractivity contribution in [3.05, 3.63) is 53.6 Å². The zero-order valence-corrected chi connectivity index (χ0v) is 32.1. The first-order valence-electron chi connectivity index (χ1n) is 18.6. The van der Waals surface area contributed by atoms with E-state index in [4.69, 9.17) is 9.47 Å². The smallest absolute Gasteiger partial charge is 0.407 e. The van der Waals surface area contributed by atoms with Gasteiger partial charge in [0, 0.05) is 12.3 Å². The Balaban J connectivity index is 1.29. The molecule has 1 unspecified atom stereocenters. The van der Waals surface area contributed by atoms with Crippen molar-refractivity contribution in [1.29, 1.82) is 0 Å². The molecule has 1 aromatic rings. The van der Waals surface area contributed by atoms with Gasteiger partial charge in [-0.3, -0.25) is 23.9 Å². The molecule has 0 aromatic heterocycles. The minimum absolute atomic E-state index is 0.0662. The second kappa shape index (κ2) is 14.2. The number of ether oxygens (including phenoxy) is 2. The van der Waals surface area contributed by atoms with E-state index in [2.05, 4.69) is 34.1 Å². The third-order valence-corrected chi connectivity index (χ3v) is 13.0. The summed E-state index contributed by atoms with van der Waals surface area (Å²) in [5.41, 5.74) is 0.410. The Morgan fingerprint density at radius 3 is 2.51 bits per heavy atom. The van der Waals surface area contributed by atoms with Crippen LogP contribution in [0.1, 0.15) is 89.8 Å². The number of benzene rings is 1. The van der Waals surface area contributed by atoms with E-state index in [1.165, 1.54) is 11.0 Å². The van der Waals surface area contributed by atoms with Crippen molar-refractivity contribution in [3.8, 4) is 0 Å². The van der Waals surface area contributed by atoms with Crippen LogP contribution in [-0.2, 0) is 51.5 Å². The first kappa shape index (κ1) is 38.5. The van der Waals surface area contributed by atoms with Crippen LogP contribution in [0.2, 0.25) is 0 Å². The molecule has 13 nitrogen and oxygen atoms in total. The highest BCUT2D eigenvalue weighted by Gasteiger charge is 2.62. The molecule has 6 rings (SSSR count). The Bertz CT molecular complexity index is 1830. The molecule has 2 heterocycles. The van der Waals surface area contributed by atoms with Crippen LogP contribution in [0.5, 0.6) is 0 Å². The summed E-state index contributed by atoms with van der Waals surface area (Å²) in [5.74, 6) is -3.57. The molecular formula is C39H52N4O9S. The minimum atomic E-state index is -3.91. The van der Waals surface area contributed by atoms with Gasteiger partial charge in [0.2, 0.25) is 21.8 Å². The molecule has 53 heavy (non-hydrogen) atoms. The fraction of sp³-hybridized carbons (Fsp3) is 0.615. The predicted octanol–water partition coefficient (Wildman–Crippen LogP) is 3.56. The van der Waals surface area contributed by atoms with E-state index in [1.54, 1.807) is 20.8 Å². The van der Waals surface area contributed by atoms with Crippen molar-refractivity contribution in [1.82, 2.24) is 20.3 Å². The van der Waals surface area contributed by atoms with Crippen molar-refractivity contribution in [2.24, 2.45) is 22.7 Å². The molecule has 5 aliphatic rings. The topological polar surface area (TPSA) is 177 Å². The number of fused-ring (bicyclic) bond motifs is 3. The largest absolute Gasteiger partial charge is 0.460 e. The molecule has 288 valence electrons. The summed E-state index contributed by atoms with van der Waals surface area (Å²) in [7, 11) is -3.91. The van der Waals surface area contributed by atoms with Gasteiger partial charge in [-0.15, -0.1) is 6.58 Å². The zero-order valence-electron chi connectivity index (χ0n) is 31.2. The lowest BCUT2D eigenvalue weighted by molar-refractivity contribution is -0.154. The number of sulfonamides is 1. The van der Waals surface area contributed by atoms with Crippen LogP contribution in [0.25, 0.3) is 6.08 Å². The Morgan fingerprint density at radius 2 is 1.85 bits per heavy atom. The van der Waals surface area contributed by atoms with Gasteiger partial charge in [-0.1, -0.05) is 71.0 Å². The molecule has 4 bridgehead atoms. The predicted molar refractivity (Wildman–Crippen MR) is 196 cm³/mol. The van der Waals surface area contributed by atoms with Crippen LogP contribution in [0.15, 0.2) is 36.9 Å². The maximum Gasteiger partial charge on any atom is 0.407 e. The molecule has 6 atom stereocenters. The first-order chi connectivity index (χ1) is 24.8. The molecule has 0 radical (unpaired) electrons. The van der Waals surface area contributed by atoms with E-state index in [-0.39, 0.29) is 31.4 Å². The summed E-state index contributed by atoms with van der Waals surface area (Å²) in [6.07, 6.45) is 7.42. The lowest BCUT2D eigenvalue weighted by atomic mass is 9.85. The molecule has 2 aliphatic heterocycles. The van der Waals surface area contributed by atoms with Crippen molar-refractivity contribution in [3.63, 3.8) is 0 Å². The third-order valence-electron chi connectivity index (χ3n) is 11.2. The number of alkyl carbamates (subject to hydrolysis) is 1. The van der Waals surface area contributed by atoms with Gasteiger partial charge < -0.3 is 25.0 Å². The number of esters is 1. The van der Waals surface area contributed by atoms with Gasteiger partial charge >= 0.3 is 12.1 Å². The van der Waals surface area contributed by atoms with Gasteiger partial charge in [-0.05, 0) is 72.5 Å². The van der Waals surface area contributed by atoms with Gasteiger partial charge in [-0.2, -0.15) is 0 Å². The highest BCUT2D eigenvalue weighted by Crippen LogP contribution is 2.45. The number of nitrogens with zero attached hydrogens (tertiary/aromatic N) is 1. The summed E-state index contributed by atoms with van der Waals surface area (Å²) >= 11 is 0. The third kappa shape index (κ3) is 8.32. The molecule has 14 heteroatoms. The second-order valence-corrected chi connectivity index (χ2v) is 19.2. The molecule has 3 fully saturated rings. The van der Waals surface area contributed by atoms with Gasteiger partial charge in [0.15, 0.2) is 0 Å². The lowest BCUT2D eigenvalue weighted by Gasteiger charge is -2.35. The first-order valence-corrected chi connectivity index (χ1v) is 20.1. The van der Waals surface area contributed by atoms with Crippen molar-refractivity contribution in [2.45, 2.75) is 115 Å². The van der Waals surface area contributed by atoms with E-state index >= 15 is 0 Å². The van der Waals surface area contributed by atoms with Gasteiger partial charge in [0.05, 0.1) is 24.3 Å². The lowest BCUT2D eigenvalue weighted by Crippen LogP contribution is -2.60. The molecular weight excluding hydrogens is 701 g/mol. The van der Waals surface area contributed by atoms with Gasteiger partial charge in [0.25, 0.3) is 5.91 Å². The van der Waals surface area contributed by atoms with Crippen molar-refractivity contribution in [2.75, 3.05) is 13.2 Å². The Morgan fingerprint density at radius 1 is 1.11 bits per heavy atom. The number of cyclic esters (lactones) is 1. The van der Waals surface area contributed by atoms with E-state index in [9.17, 15) is 32.4 Å². The molecule has 1 saturated heterocycles. The summed E-state index contributed by atoms with van der Waals surface area (Å²) in [6.45, 7) is 13.1. The standard InChI is InChI=1S/C39H52N4O9S/c1-7-26-20-39(26,35(47)42-53(49,50)28-14-15-28)41-32(44)30-19-27-21-43(30)33(45)31(37(2,3)4)40-36(48)51-22-38(5,6)16-9-8-11-23-12-10-13-24-17-25(18-29(23)24)34(46)52-27/h7-8,10-13,25-28,30-31H,1,9,14-22H2,2-6H3,(H,40,48)(H,41,44)(H,42,47)/b11-8+/t25?,26-,27-,30+,31-,39-/m1/s1. The van der Waals surface area contributed by atoms with Crippen molar-refractivity contribution >= 4 is 45.9 Å². The van der Waals surface area contributed by atoms with Crippen LogP contribution in [0, 0.1) is 22.7 Å². The monoisotopic (exact) mass is 752 g/mol. The van der Waals surface area contributed by atoms with Crippen LogP contribution in [-0.4, -0.2) is 85.2 Å². The van der Waals surface area contributed by atoms with Gasteiger partial charge in [0.1, 0.15) is 23.7 Å². The fourth-order valence-electron chi connectivity index (χ4n) is 7.65. The number of carbonyl (C=O) groups is 5. The van der Waals surface area contributed by atoms with Crippen molar-refractivity contribution < 1.29 is 41.9 Å². The number of nitrogens with one attached hydrogen (secondary N) is 3. The normalized spacial score (nSPS) is 31.0. The quantitative estimate of drug-likeness (QED) is 0.290. The summed E-state index contributed by atoms with van der Waals surface area (Å²) in [4.78, 5) is 70.4. The number of amides is 4. The van der Waals surface area contributed by atoms with Crippen LogP contribution < -0.4 is 15.4 Å². The SMILES string of the molecule is C=C[C@@H]1C[C@]1(NC(=O)[C@@H]1C[C@@H]2CN1C(=O)[C@H](C(C)(C)C)NC(=O)OCC(C)(C)CC/C=C/c1cccc3c1CC(C3)C(=O)O2)C(=O)NS(=O)(=O)C1CC1. The molecule has 1 aromatic carbocycles. The van der Waals surface area contributed by atoms with E-state index < -0.39 is 86.0 Å². The number of rotatable bonds is 6. The van der Waals surface area contributed by atoms with Gasteiger partial charge in [-0.25, -0.2) is 13.2 Å². The maximum atomic E-state index is 14.5. The molecule has 2 saturated carbocycles. The Hall–Kier alpha value is -4.20. The molecule has 4 amide bonds. The molecule has 3 N–H and O–H groups in total. The zero-order chi connectivity index (χ0) is 38.5. The summed E-state index contributed by atoms with van der Waals surface area (Å²) < 4.78 is 39.2. The highest BCUT2D eigenvalue weighted by molar-refractivity contribution is 7.91. The number of hydrogen-bond donors (Lipinski definition) is 3. The van der Waals surface area contributed by atoms with Crippen LogP contribution in [0.3, 0.4) is 0 Å². The summed E-state index contributed by atoms with van der Waals surface area (Å²) in [6, 6.07) is 3.66. The number of hydrogen-bond acceptors (Lipinski definition) is 9. The highest BCUT2D eigenvalue weighted by atomic mass is 32.2. The maximum absolute atomic E-state index is 14.5. The molecule has 0 spiro atoms. The average molecular weight is 753 g/mol. The Labute approximate surface area is 311 Å². The number of carbonyl (C=O) groups excluding carboxylic acids is 5. The summed E-state index contributed by atoms with van der Waals surface area (Å²) in [5, 5.41) is 4.84. The minimum Gasteiger partial charge on any atom is -0.460 e. The Kier molecular flexibility index (Phi) is 10.3. The number of allylic oxidation sites excluding steroid dienone is 1.